The fraction of sp³-hybridized carbons (Fsp3) is 0.417. The van der Waals surface area contributed by atoms with Crippen LogP contribution in [0.15, 0.2) is 24.3 Å². The van der Waals surface area contributed by atoms with Crippen LogP contribution in [0.2, 0.25) is 0 Å². The third-order valence-corrected chi connectivity index (χ3v) is 2.39. The summed E-state index contributed by atoms with van der Waals surface area (Å²) in [4.78, 5) is 11.5. The van der Waals surface area contributed by atoms with Gasteiger partial charge in [-0.1, -0.05) is 26.0 Å². The number of aliphatic hydroxyl groups is 1. The SMILES string of the molecule is CC(C)C(=O)[C@H](O)c1ccc(C(F)(F)F)cc1. The van der Waals surface area contributed by atoms with Crippen LogP contribution in [0.5, 0.6) is 0 Å². The first-order valence-electron chi connectivity index (χ1n) is 5.12. The van der Waals surface area contributed by atoms with E-state index in [-0.39, 0.29) is 11.5 Å². The Hall–Kier alpha value is -1.36. The molecule has 0 saturated heterocycles. The molecule has 0 fully saturated rings. The molecule has 0 aromatic heterocycles. The van der Waals surface area contributed by atoms with E-state index < -0.39 is 23.6 Å². The van der Waals surface area contributed by atoms with Gasteiger partial charge in [-0.05, 0) is 17.7 Å². The highest BCUT2D eigenvalue weighted by atomic mass is 19.4. The lowest BCUT2D eigenvalue weighted by molar-refractivity contribution is -0.137. The Kier molecular flexibility index (Phi) is 3.93. The molecule has 0 radical (unpaired) electrons. The number of aliphatic hydroxyl groups excluding tert-OH is 1. The number of halogens is 3. The van der Waals surface area contributed by atoms with Crippen LogP contribution in [-0.4, -0.2) is 10.9 Å². The van der Waals surface area contributed by atoms with Crippen LogP contribution in [0.4, 0.5) is 13.2 Å². The zero-order valence-electron chi connectivity index (χ0n) is 9.45. The van der Waals surface area contributed by atoms with Crippen LogP contribution in [0.3, 0.4) is 0 Å². The number of rotatable bonds is 3. The molecule has 1 aromatic carbocycles. The molecule has 0 saturated carbocycles. The smallest absolute Gasteiger partial charge is 0.381 e. The molecule has 0 amide bonds. The van der Waals surface area contributed by atoms with Gasteiger partial charge in [0.05, 0.1) is 5.56 Å². The largest absolute Gasteiger partial charge is 0.416 e. The standard InChI is InChI=1S/C12H13F3O2/c1-7(2)10(16)11(17)8-3-5-9(6-4-8)12(13,14)15/h3-7,11,17H,1-2H3/t11-/m1/s1. The van der Waals surface area contributed by atoms with Crippen LogP contribution in [0.1, 0.15) is 31.1 Å². The number of carbonyl (C=O) groups excluding carboxylic acids is 1. The van der Waals surface area contributed by atoms with Crippen LogP contribution < -0.4 is 0 Å². The van der Waals surface area contributed by atoms with Gasteiger partial charge in [-0.15, -0.1) is 0 Å². The lowest BCUT2D eigenvalue weighted by atomic mass is 9.97. The summed E-state index contributed by atoms with van der Waals surface area (Å²) < 4.78 is 36.8. The summed E-state index contributed by atoms with van der Waals surface area (Å²) in [5, 5.41) is 9.62. The summed E-state index contributed by atoms with van der Waals surface area (Å²) in [5.74, 6) is -0.781. The number of carbonyl (C=O) groups is 1. The van der Waals surface area contributed by atoms with Crippen molar-refractivity contribution in [2.45, 2.75) is 26.1 Å². The van der Waals surface area contributed by atoms with Crippen LogP contribution in [-0.2, 0) is 11.0 Å². The van der Waals surface area contributed by atoms with Crippen LogP contribution in [0, 0.1) is 5.92 Å². The topological polar surface area (TPSA) is 37.3 Å². The van der Waals surface area contributed by atoms with Crippen LogP contribution >= 0.6 is 0 Å². The number of hydrogen-bond acceptors (Lipinski definition) is 2. The maximum absolute atomic E-state index is 12.3. The molecule has 0 unspecified atom stereocenters. The molecule has 0 spiro atoms. The maximum Gasteiger partial charge on any atom is 0.416 e. The van der Waals surface area contributed by atoms with Crippen molar-refractivity contribution in [2.24, 2.45) is 5.92 Å². The lowest BCUT2D eigenvalue weighted by Crippen LogP contribution is -2.17. The molecule has 0 aliphatic carbocycles. The first kappa shape index (κ1) is 13.7. The fourth-order valence-corrected chi connectivity index (χ4v) is 1.33. The van der Waals surface area contributed by atoms with Crippen molar-refractivity contribution in [1.29, 1.82) is 0 Å². The van der Waals surface area contributed by atoms with E-state index in [1.165, 1.54) is 0 Å². The zero-order valence-corrected chi connectivity index (χ0v) is 9.45. The fourth-order valence-electron chi connectivity index (χ4n) is 1.33. The highest BCUT2D eigenvalue weighted by Crippen LogP contribution is 2.30. The van der Waals surface area contributed by atoms with E-state index in [2.05, 4.69) is 0 Å². The van der Waals surface area contributed by atoms with Crippen molar-refractivity contribution >= 4 is 5.78 Å². The molecular formula is C12H13F3O2. The molecule has 0 aliphatic heterocycles. The Morgan fingerprint density at radius 1 is 1.18 bits per heavy atom. The van der Waals surface area contributed by atoms with Crippen LogP contribution in [0.25, 0.3) is 0 Å². The molecule has 1 atom stereocenters. The van der Waals surface area contributed by atoms with Gasteiger partial charge >= 0.3 is 6.18 Å². The Bertz CT molecular complexity index is 393. The van der Waals surface area contributed by atoms with Gasteiger partial charge in [-0.25, -0.2) is 0 Å². The van der Waals surface area contributed by atoms with Crippen molar-refractivity contribution in [3.8, 4) is 0 Å². The summed E-state index contributed by atoms with van der Waals surface area (Å²) in [5.41, 5.74) is -0.623. The molecule has 2 nitrogen and oxygen atoms in total. The number of hydrogen-bond donors (Lipinski definition) is 1. The molecule has 1 aromatic rings. The van der Waals surface area contributed by atoms with Gasteiger partial charge in [0.15, 0.2) is 5.78 Å². The number of alkyl halides is 3. The third kappa shape index (κ3) is 3.30. The summed E-state index contributed by atoms with van der Waals surface area (Å²) in [6.07, 6.45) is -5.77. The summed E-state index contributed by atoms with van der Waals surface area (Å²) >= 11 is 0. The van der Waals surface area contributed by atoms with Gasteiger partial charge in [0.1, 0.15) is 6.10 Å². The van der Waals surface area contributed by atoms with E-state index in [4.69, 9.17) is 0 Å². The molecule has 0 aliphatic rings. The second-order valence-corrected chi connectivity index (χ2v) is 4.08. The minimum atomic E-state index is -4.41. The Morgan fingerprint density at radius 2 is 1.65 bits per heavy atom. The molecule has 0 bridgehead atoms. The monoisotopic (exact) mass is 246 g/mol. The number of Topliss-reactive ketones (excluding diaryl/α,β-unsaturated/α-hetero) is 1. The Morgan fingerprint density at radius 3 is 2.00 bits per heavy atom. The highest BCUT2D eigenvalue weighted by Gasteiger charge is 2.30. The van der Waals surface area contributed by atoms with Gasteiger partial charge in [-0.2, -0.15) is 13.2 Å². The van der Waals surface area contributed by atoms with Crippen molar-refractivity contribution in [2.75, 3.05) is 0 Å². The molecule has 94 valence electrons. The predicted octanol–water partition coefficient (Wildman–Crippen LogP) is 2.96. The minimum Gasteiger partial charge on any atom is -0.381 e. The first-order chi connectivity index (χ1) is 7.73. The summed E-state index contributed by atoms with van der Waals surface area (Å²) in [6, 6.07) is 3.94. The van der Waals surface area contributed by atoms with Gasteiger partial charge in [0.2, 0.25) is 0 Å². The predicted molar refractivity (Wildman–Crippen MR) is 56.2 cm³/mol. The van der Waals surface area contributed by atoms with E-state index in [1.54, 1.807) is 13.8 Å². The van der Waals surface area contributed by atoms with Crippen molar-refractivity contribution < 1.29 is 23.1 Å². The van der Waals surface area contributed by atoms with E-state index >= 15 is 0 Å². The third-order valence-electron chi connectivity index (χ3n) is 2.39. The average Bonchev–Trinajstić information content (AvgIpc) is 2.26. The zero-order chi connectivity index (χ0) is 13.2. The summed E-state index contributed by atoms with van der Waals surface area (Å²) in [7, 11) is 0. The van der Waals surface area contributed by atoms with E-state index in [0.29, 0.717) is 0 Å². The summed E-state index contributed by atoms with van der Waals surface area (Å²) in [6.45, 7) is 3.24. The van der Waals surface area contributed by atoms with Crippen molar-refractivity contribution in [3.63, 3.8) is 0 Å². The second kappa shape index (κ2) is 4.87. The number of benzene rings is 1. The quantitative estimate of drug-likeness (QED) is 0.890. The maximum atomic E-state index is 12.3. The first-order valence-corrected chi connectivity index (χ1v) is 5.12. The molecule has 1 N–H and O–H groups in total. The Balaban J connectivity index is 2.92. The normalized spacial score (nSPS) is 13.8. The molecule has 5 heteroatoms. The highest BCUT2D eigenvalue weighted by molar-refractivity contribution is 5.85. The second-order valence-electron chi connectivity index (χ2n) is 4.08. The average molecular weight is 246 g/mol. The minimum absolute atomic E-state index is 0.178. The van der Waals surface area contributed by atoms with Gasteiger partial charge in [0.25, 0.3) is 0 Å². The van der Waals surface area contributed by atoms with E-state index in [0.717, 1.165) is 24.3 Å². The lowest BCUT2D eigenvalue weighted by Gasteiger charge is -2.13. The Labute approximate surface area is 97.1 Å². The molecule has 17 heavy (non-hydrogen) atoms. The van der Waals surface area contributed by atoms with Gasteiger partial charge < -0.3 is 5.11 Å². The van der Waals surface area contributed by atoms with E-state index in [9.17, 15) is 23.1 Å². The van der Waals surface area contributed by atoms with Gasteiger partial charge in [-0.3, -0.25) is 4.79 Å². The van der Waals surface area contributed by atoms with E-state index in [1.807, 2.05) is 0 Å². The number of ketones is 1. The van der Waals surface area contributed by atoms with Crippen molar-refractivity contribution in [1.82, 2.24) is 0 Å². The van der Waals surface area contributed by atoms with Gasteiger partial charge in [0, 0.05) is 5.92 Å². The molecule has 0 heterocycles. The van der Waals surface area contributed by atoms with Crippen molar-refractivity contribution in [3.05, 3.63) is 35.4 Å². The molecule has 1 rings (SSSR count). The molecular weight excluding hydrogens is 233 g/mol.